The van der Waals surface area contributed by atoms with Gasteiger partial charge in [0.05, 0.1) is 6.42 Å². The normalized spacial score (nSPS) is 10.8. The Labute approximate surface area is 170 Å². The van der Waals surface area contributed by atoms with Crippen LogP contribution in [-0.2, 0) is 14.3 Å². The number of para-hydroxylation sites is 1. The quantitative estimate of drug-likeness (QED) is 0.502. The van der Waals surface area contributed by atoms with Gasteiger partial charge in [0.15, 0.2) is 12.4 Å². The molecule has 150 valence electrons. The van der Waals surface area contributed by atoms with E-state index in [4.69, 9.17) is 4.74 Å². The lowest BCUT2D eigenvalue weighted by Gasteiger charge is -2.16. The summed E-state index contributed by atoms with van der Waals surface area (Å²) in [6, 6.07) is 7.69. The summed E-state index contributed by atoms with van der Waals surface area (Å²) in [6.07, 6.45) is 0.0365. The second-order valence-corrected chi connectivity index (χ2v) is 8.61. The van der Waals surface area contributed by atoms with Crippen LogP contribution in [0.3, 0.4) is 0 Å². The zero-order valence-electron chi connectivity index (χ0n) is 17.0. The smallest absolute Gasteiger partial charge is 0.306 e. The maximum atomic E-state index is 12.2. The van der Waals surface area contributed by atoms with E-state index < -0.39 is 5.97 Å². The predicted molar refractivity (Wildman–Crippen MR) is 112 cm³/mol. The molecule has 0 radical (unpaired) electrons. The summed E-state index contributed by atoms with van der Waals surface area (Å²) in [4.78, 5) is 38.4. The molecule has 0 saturated carbocycles. The molecule has 1 heterocycles. The van der Waals surface area contributed by atoms with Crippen molar-refractivity contribution in [1.29, 1.82) is 0 Å². The second-order valence-electron chi connectivity index (χ2n) is 7.15. The second kappa shape index (κ2) is 9.64. The number of benzene rings is 1. The highest BCUT2D eigenvalue weighted by atomic mass is 32.1. The standard InChI is InChI=1S/C22H27NO4S/c1-13(2)17-8-6-7-14(3)22(17)23-20(25)12-27-21(26)10-9-19(24)18-11-15(4)28-16(18)5/h6-8,11,13H,9-10,12H2,1-5H3,(H,23,25). The molecule has 0 unspecified atom stereocenters. The van der Waals surface area contributed by atoms with Crippen molar-refractivity contribution in [3.05, 3.63) is 50.7 Å². The minimum absolute atomic E-state index is 0.0396. The Bertz CT molecular complexity index is 883. The average molecular weight is 402 g/mol. The number of ketones is 1. The van der Waals surface area contributed by atoms with Crippen LogP contribution < -0.4 is 5.32 Å². The summed E-state index contributed by atoms with van der Waals surface area (Å²) in [6.45, 7) is 9.50. The summed E-state index contributed by atoms with van der Waals surface area (Å²) in [5.74, 6) is -0.764. The lowest BCUT2D eigenvalue weighted by Crippen LogP contribution is -2.22. The fourth-order valence-electron chi connectivity index (χ4n) is 2.99. The molecular weight excluding hydrogens is 374 g/mol. The molecule has 28 heavy (non-hydrogen) atoms. The van der Waals surface area contributed by atoms with E-state index in [1.54, 1.807) is 11.3 Å². The first-order valence-corrected chi connectivity index (χ1v) is 10.2. The summed E-state index contributed by atoms with van der Waals surface area (Å²) >= 11 is 1.56. The number of esters is 1. The molecule has 6 heteroatoms. The summed E-state index contributed by atoms with van der Waals surface area (Å²) in [7, 11) is 0. The van der Waals surface area contributed by atoms with Gasteiger partial charge in [0, 0.05) is 27.4 Å². The van der Waals surface area contributed by atoms with Gasteiger partial charge in [-0.3, -0.25) is 14.4 Å². The Morgan fingerprint density at radius 3 is 2.43 bits per heavy atom. The molecule has 0 fully saturated rings. The molecule has 1 amide bonds. The van der Waals surface area contributed by atoms with Crippen molar-refractivity contribution in [2.45, 2.75) is 53.4 Å². The average Bonchev–Trinajstić information content (AvgIpc) is 2.97. The molecule has 5 nitrogen and oxygen atoms in total. The predicted octanol–water partition coefficient (Wildman–Crippen LogP) is 4.94. The van der Waals surface area contributed by atoms with Gasteiger partial charge in [-0.2, -0.15) is 0 Å². The van der Waals surface area contributed by atoms with Crippen molar-refractivity contribution in [3.63, 3.8) is 0 Å². The minimum Gasteiger partial charge on any atom is -0.456 e. The largest absolute Gasteiger partial charge is 0.456 e. The van der Waals surface area contributed by atoms with Crippen LogP contribution >= 0.6 is 11.3 Å². The zero-order valence-corrected chi connectivity index (χ0v) is 17.9. The van der Waals surface area contributed by atoms with Crippen molar-refractivity contribution in [2.24, 2.45) is 0 Å². The monoisotopic (exact) mass is 401 g/mol. The molecule has 0 spiro atoms. The highest BCUT2D eigenvalue weighted by molar-refractivity contribution is 7.12. The van der Waals surface area contributed by atoms with Crippen molar-refractivity contribution >= 4 is 34.7 Å². The third-order valence-electron chi connectivity index (χ3n) is 4.45. The number of nitrogens with one attached hydrogen (secondary N) is 1. The maximum absolute atomic E-state index is 12.2. The number of hydrogen-bond donors (Lipinski definition) is 1. The molecule has 0 aliphatic heterocycles. The first kappa shape index (κ1) is 21.8. The number of ether oxygens (including phenoxy) is 1. The number of thiophene rings is 1. The molecule has 1 N–H and O–H groups in total. The van der Waals surface area contributed by atoms with Gasteiger partial charge < -0.3 is 10.1 Å². The van der Waals surface area contributed by atoms with Crippen LogP contribution in [-0.4, -0.2) is 24.3 Å². The maximum Gasteiger partial charge on any atom is 0.306 e. The molecule has 1 aromatic heterocycles. The lowest BCUT2D eigenvalue weighted by atomic mass is 9.98. The highest BCUT2D eigenvalue weighted by Crippen LogP contribution is 2.27. The molecule has 0 aliphatic rings. The lowest BCUT2D eigenvalue weighted by molar-refractivity contribution is -0.147. The molecule has 2 rings (SSSR count). The fourth-order valence-corrected chi connectivity index (χ4v) is 3.94. The summed E-state index contributed by atoms with van der Waals surface area (Å²) in [5.41, 5.74) is 3.41. The van der Waals surface area contributed by atoms with Gasteiger partial charge in [-0.05, 0) is 43.9 Å². The fraction of sp³-hybridized carbons (Fsp3) is 0.409. The van der Waals surface area contributed by atoms with Crippen LogP contribution in [0, 0.1) is 20.8 Å². The van der Waals surface area contributed by atoms with Crippen LogP contribution in [0.4, 0.5) is 5.69 Å². The Kier molecular flexibility index (Phi) is 7.52. The number of anilines is 1. The van der Waals surface area contributed by atoms with E-state index in [-0.39, 0.29) is 37.1 Å². The molecule has 0 bridgehead atoms. The number of carbonyl (C=O) groups excluding carboxylic acids is 3. The number of carbonyl (C=O) groups is 3. The number of rotatable bonds is 8. The first-order valence-electron chi connectivity index (χ1n) is 9.34. The molecule has 0 saturated heterocycles. The Hall–Kier alpha value is -2.47. The van der Waals surface area contributed by atoms with Crippen LogP contribution in [0.1, 0.15) is 63.8 Å². The van der Waals surface area contributed by atoms with Gasteiger partial charge >= 0.3 is 5.97 Å². The summed E-state index contributed by atoms with van der Waals surface area (Å²) < 4.78 is 5.04. The Morgan fingerprint density at radius 2 is 1.82 bits per heavy atom. The van der Waals surface area contributed by atoms with Gasteiger partial charge in [0.1, 0.15) is 0 Å². The third-order valence-corrected chi connectivity index (χ3v) is 5.42. The van der Waals surface area contributed by atoms with Crippen LogP contribution in [0.5, 0.6) is 0 Å². The van der Waals surface area contributed by atoms with Crippen LogP contribution in [0.2, 0.25) is 0 Å². The van der Waals surface area contributed by atoms with Gasteiger partial charge in [-0.15, -0.1) is 11.3 Å². The van der Waals surface area contributed by atoms with Crippen molar-refractivity contribution in [3.8, 4) is 0 Å². The number of Topliss-reactive ketones (excluding diaryl/α,β-unsaturated/α-hetero) is 1. The van der Waals surface area contributed by atoms with Crippen LogP contribution in [0.25, 0.3) is 0 Å². The van der Waals surface area contributed by atoms with Gasteiger partial charge in [0.25, 0.3) is 5.91 Å². The van der Waals surface area contributed by atoms with Crippen molar-refractivity contribution < 1.29 is 19.1 Å². The highest BCUT2D eigenvalue weighted by Gasteiger charge is 2.16. The zero-order chi connectivity index (χ0) is 20.8. The van der Waals surface area contributed by atoms with Crippen molar-refractivity contribution in [1.82, 2.24) is 0 Å². The number of hydrogen-bond acceptors (Lipinski definition) is 5. The van der Waals surface area contributed by atoms with Crippen molar-refractivity contribution in [2.75, 3.05) is 11.9 Å². The van der Waals surface area contributed by atoms with Gasteiger partial charge in [-0.1, -0.05) is 32.0 Å². The first-order chi connectivity index (χ1) is 13.2. The SMILES string of the molecule is Cc1cc(C(=O)CCC(=O)OCC(=O)Nc2c(C)cccc2C(C)C)c(C)s1. The molecule has 1 aromatic carbocycles. The van der Waals surface area contributed by atoms with E-state index in [0.717, 1.165) is 26.6 Å². The van der Waals surface area contributed by atoms with Gasteiger partial charge in [0.2, 0.25) is 0 Å². The Balaban J connectivity index is 1.84. The minimum atomic E-state index is -0.554. The van der Waals surface area contributed by atoms with E-state index in [2.05, 4.69) is 19.2 Å². The van der Waals surface area contributed by atoms with E-state index in [1.165, 1.54) is 0 Å². The van der Waals surface area contributed by atoms with Gasteiger partial charge in [-0.25, -0.2) is 0 Å². The molecular formula is C22H27NO4S. The topological polar surface area (TPSA) is 72.5 Å². The molecule has 0 atom stereocenters. The summed E-state index contributed by atoms with van der Waals surface area (Å²) in [5, 5.41) is 2.83. The third kappa shape index (κ3) is 5.76. The van der Waals surface area contributed by atoms with E-state index >= 15 is 0 Å². The Morgan fingerprint density at radius 1 is 1.11 bits per heavy atom. The van der Waals surface area contributed by atoms with E-state index in [0.29, 0.717) is 5.56 Å². The van der Waals surface area contributed by atoms with E-state index in [1.807, 2.05) is 45.0 Å². The number of amides is 1. The molecule has 2 aromatic rings. The molecule has 0 aliphatic carbocycles. The van der Waals surface area contributed by atoms with E-state index in [9.17, 15) is 14.4 Å². The number of aryl methyl sites for hydroxylation is 3. The van der Waals surface area contributed by atoms with Crippen LogP contribution in [0.15, 0.2) is 24.3 Å².